The molecule has 1 saturated heterocycles. The van der Waals surface area contributed by atoms with E-state index in [9.17, 15) is 35.9 Å². The molecule has 8 nitrogen and oxygen atoms in total. The molecule has 2 aliphatic heterocycles. The summed E-state index contributed by atoms with van der Waals surface area (Å²) in [5.74, 6) is 1.52. The molecule has 0 spiro atoms. The number of alkyl halides is 6. The monoisotopic (exact) mass is 580 g/mol. The second-order valence-corrected chi connectivity index (χ2v) is 9.65. The van der Waals surface area contributed by atoms with Crippen LogP contribution in [0.15, 0.2) is 66.3 Å². The molecule has 2 aromatic rings. The average molecular weight is 580 g/mol. The van der Waals surface area contributed by atoms with Gasteiger partial charge in [-0.15, -0.1) is 0 Å². The number of amides is 3. The molecule has 1 aromatic carbocycles. The van der Waals surface area contributed by atoms with E-state index >= 15 is 0 Å². The van der Waals surface area contributed by atoms with Gasteiger partial charge < -0.3 is 25.4 Å². The Bertz CT molecular complexity index is 1470. The summed E-state index contributed by atoms with van der Waals surface area (Å²) in [6.07, 6.45) is -4.95. The van der Waals surface area contributed by atoms with E-state index in [4.69, 9.17) is 9.47 Å². The Balaban J connectivity index is 1.19. The first kappa shape index (κ1) is 28.1. The summed E-state index contributed by atoms with van der Waals surface area (Å²) in [6, 6.07) is 0.963. The van der Waals surface area contributed by atoms with Gasteiger partial charge in [-0.2, -0.15) is 26.3 Å². The van der Waals surface area contributed by atoms with Crippen molar-refractivity contribution in [3.8, 4) is 5.75 Å². The topological polar surface area (TPSA) is 102 Å². The Kier molecular flexibility index (Phi) is 6.95. The molecule has 0 bridgehead atoms. The summed E-state index contributed by atoms with van der Waals surface area (Å²) in [5, 5.41) is 7.23. The largest absolute Gasteiger partial charge is 0.487 e. The van der Waals surface area contributed by atoms with Crippen LogP contribution in [-0.2, 0) is 28.3 Å². The number of hydrogen-bond donors (Lipinski definition) is 3. The SMILES string of the molecule is C=C1/C(=C\C=C(/C)Oc2ccnc3c2CCC(=O)N3)O[C@@H]2[C@@H](NC(=O)Nc3cc(C(F)(F)F)cc(C(F)(F)F)c3)[C@H]12. The molecule has 1 aromatic heterocycles. The zero-order chi connectivity index (χ0) is 29.7. The molecule has 3 heterocycles. The van der Waals surface area contributed by atoms with Crippen LogP contribution in [-0.4, -0.2) is 29.1 Å². The van der Waals surface area contributed by atoms with E-state index in [2.05, 4.69) is 22.2 Å². The number of rotatable bonds is 5. The summed E-state index contributed by atoms with van der Waals surface area (Å²) >= 11 is 0. The van der Waals surface area contributed by atoms with Crippen LogP contribution in [0.2, 0.25) is 0 Å². The van der Waals surface area contributed by atoms with Gasteiger partial charge in [0.1, 0.15) is 29.2 Å². The fourth-order valence-corrected chi connectivity index (χ4v) is 4.65. The van der Waals surface area contributed by atoms with E-state index in [0.717, 1.165) is 5.56 Å². The summed E-state index contributed by atoms with van der Waals surface area (Å²) < 4.78 is 90.2. The van der Waals surface area contributed by atoms with Gasteiger partial charge in [-0.05, 0) is 55.3 Å². The van der Waals surface area contributed by atoms with Crippen molar-refractivity contribution in [1.82, 2.24) is 10.3 Å². The van der Waals surface area contributed by atoms with Crippen molar-refractivity contribution < 1.29 is 45.4 Å². The highest BCUT2D eigenvalue weighted by Gasteiger charge is 2.60. The highest BCUT2D eigenvalue weighted by atomic mass is 19.4. The quantitative estimate of drug-likeness (QED) is 0.300. The van der Waals surface area contributed by atoms with Crippen LogP contribution in [0.25, 0.3) is 0 Å². The fourth-order valence-electron chi connectivity index (χ4n) is 4.65. The third-order valence-corrected chi connectivity index (χ3v) is 6.69. The van der Waals surface area contributed by atoms with Gasteiger partial charge in [-0.3, -0.25) is 4.79 Å². The number of hydrogen-bond acceptors (Lipinski definition) is 5. The number of ether oxygens (including phenoxy) is 2. The number of urea groups is 1. The predicted octanol–water partition coefficient (Wildman–Crippen LogP) is 5.95. The van der Waals surface area contributed by atoms with Crippen molar-refractivity contribution in [2.45, 2.75) is 44.3 Å². The van der Waals surface area contributed by atoms with Crippen LogP contribution in [0.1, 0.15) is 30.0 Å². The first-order chi connectivity index (χ1) is 19.2. The number of carbonyl (C=O) groups is 2. The van der Waals surface area contributed by atoms with E-state index in [0.29, 0.717) is 53.6 Å². The van der Waals surface area contributed by atoms with E-state index < -0.39 is 47.3 Å². The van der Waals surface area contributed by atoms with E-state index in [1.807, 2.05) is 5.32 Å². The maximum Gasteiger partial charge on any atom is 0.416 e. The number of fused-ring (bicyclic) bond motifs is 2. The molecule has 0 radical (unpaired) electrons. The molecule has 3 amide bonds. The molecular formula is C27H22F6N4O4. The number of pyridine rings is 1. The Hall–Kier alpha value is -4.49. The second-order valence-electron chi connectivity index (χ2n) is 9.65. The third kappa shape index (κ3) is 6.00. The van der Waals surface area contributed by atoms with Crippen molar-refractivity contribution in [2.24, 2.45) is 5.92 Å². The average Bonchev–Trinajstić information content (AvgIpc) is 3.43. The van der Waals surface area contributed by atoms with Crippen LogP contribution in [0.4, 0.5) is 42.6 Å². The lowest BCUT2D eigenvalue weighted by atomic mass is 10.1. The van der Waals surface area contributed by atoms with Gasteiger partial charge in [0.25, 0.3) is 0 Å². The minimum atomic E-state index is -5.04. The van der Waals surface area contributed by atoms with Crippen molar-refractivity contribution in [3.05, 3.63) is 83.0 Å². The van der Waals surface area contributed by atoms with Gasteiger partial charge in [0.15, 0.2) is 0 Å². The highest BCUT2D eigenvalue weighted by Crippen LogP contribution is 2.51. The second kappa shape index (κ2) is 10.2. The van der Waals surface area contributed by atoms with E-state index in [1.165, 1.54) is 6.20 Å². The number of carbonyl (C=O) groups excluding carboxylic acids is 2. The number of aromatic nitrogens is 1. The van der Waals surface area contributed by atoms with Crippen molar-refractivity contribution in [3.63, 3.8) is 0 Å². The number of anilines is 2. The maximum absolute atomic E-state index is 13.1. The summed E-state index contributed by atoms with van der Waals surface area (Å²) in [4.78, 5) is 28.1. The maximum atomic E-state index is 13.1. The Morgan fingerprint density at radius 1 is 1.15 bits per heavy atom. The lowest BCUT2D eigenvalue weighted by Crippen LogP contribution is -2.34. The molecule has 41 heavy (non-hydrogen) atoms. The van der Waals surface area contributed by atoms with E-state index in [1.54, 1.807) is 25.1 Å². The van der Waals surface area contributed by atoms with Gasteiger partial charge in [0, 0.05) is 23.9 Å². The van der Waals surface area contributed by atoms with Gasteiger partial charge in [0.05, 0.1) is 23.1 Å². The minimum absolute atomic E-state index is 0.0223. The molecule has 1 aliphatic carbocycles. The van der Waals surface area contributed by atoms with Crippen molar-refractivity contribution in [2.75, 3.05) is 10.6 Å². The van der Waals surface area contributed by atoms with Crippen LogP contribution < -0.4 is 20.7 Å². The normalized spacial score (nSPS) is 22.9. The molecule has 3 N–H and O–H groups in total. The first-order valence-electron chi connectivity index (χ1n) is 12.3. The van der Waals surface area contributed by atoms with Gasteiger partial charge >= 0.3 is 18.4 Å². The summed E-state index contributed by atoms with van der Waals surface area (Å²) in [7, 11) is 0. The molecule has 216 valence electrons. The smallest absolute Gasteiger partial charge is 0.416 e. The summed E-state index contributed by atoms with van der Waals surface area (Å²) in [6.45, 7) is 5.69. The number of allylic oxidation sites excluding steroid dienone is 4. The van der Waals surface area contributed by atoms with Crippen molar-refractivity contribution in [1.29, 1.82) is 0 Å². The van der Waals surface area contributed by atoms with Crippen LogP contribution >= 0.6 is 0 Å². The Morgan fingerprint density at radius 3 is 2.44 bits per heavy atom. The molecule has 1 saturated carbocycles. The van der Waals surface area contributed by atoms with Gasteiger partial charge in [0.2, 0.25) is 5.91 Å². The first-order valence-corrected chi connectivity index (χ1v) is 12.3. The van der Waals surface area contributed by atoms with Crippen LogP contribution in [0, 0.1) is 5.92 Å². The fraction of sp³-hybridized carbons (Fsp3) is 0.296. The van der Waals surface area contributed by atoms with Gasteiger partial charge in [-0.25, -0.2) is 9.78 Å². The molecule has 14 heteroatoms. The molecule has 3 aliphatic rings. The van der Waals surface area contributed by atoms with Crippen molar-refractivity contribution >= 4 is 23.4 Å². The minimum Gasteiger partial charge on any atom is -0.487 e. The van der Waals surface area contributed by atoms with Crippen LogP contribution in [0.3, 0.4) is 0 Å². The number of benzene rings is 1. The number of nitrogens with zero attached hydrogens (tertiary/aromatic N) is 1. The lowest BCUT2D eigenvalue weighted by Gasteiger charge is -2.18. The molecular weight excluding hydrogens is 558 g/mol. The Labute approximate surface area is 229 Å². The highest BCUT2D eigenvalue weighted by molar-refractivity contribution is 5.93. The molecule has 2 fully saturated rings. The molecule has 0 unspecified atom stereocenters. The number of halogens is 6. The van der Waals surface area contributed by atoms with Gasteiger partial charge in [-0.1, -0.05) is 6.58 Å². The predicted molar refractivity (Wildman–Crippen MR) is 134 cm³/mol. The zero-order valence-electron chi connectivity index (χ0n) is 21.2. The number of nitrogens with one attached hydrogen (secondary N) is 3. The lowest BCUT2D eigenvalue weighted by molar-refractivity contribution is -0.143. The Morgan fingerprint density at radius 2 is 1.83 bits per heavy atom. The summed E-state index contributed by atoms with van der Waals surface area (Å²) in [5.41, 5.74) is -2.40. The standard InChI is InChI=1S/C27H22F6N4O4/c1-12(40-19-7-8-34-24-17(19)4-6-20(38)36-24)3-5-18-13(2)21-22(23(21)41-18)37-25(39)35-16-10-14(26(28,29)30)9-15(11-16)27(31,32)33/h3,5,7-11,21-23H,2,4,6H2,1H3,(H,34,36,38)(H2,35,37,39)/b12-3+,18-5+/t21-,22-,23-/m0/s1. The molecule has 3 atom stereocenters. The van der Waals surface area contributed by atoms with Crippen LogP contribution in [0.5, 0.6) is 5.75 Å². The molecule has 5 rings (SSSR count). The third-order valence-electron chi connectivity index (χ3n) is 6.69. The zero-order valence-corrected chi connectivity index (χ0v) is 21.2. The van der Waals surface area contributed by atoms with E-state index in [-0.39, 0.29) is 17.9 Å².